The van der Waals surface area contributed by atoms with Crippen LogP contribution in [0.4, 0.5) is 8.78 Å². The van der Waals surface area contributed by atoms with Gasteiger partial charge in [-0.3, -0.25) is 4.79 Å². The van der Waals surface area contributed by atoms with Crippen LogP contribution in [0.1, 0.15) is 12.8 Å². The number of rotatable bonds is 3. The summed E-state index contributed by atoms with van der Waals surface area (Å²) in [6.07, 6.45) is 2.10. The molecule has 68 valence electrons. The Labute approximate surface area is 69.9 Å². The van der Waals surface area contributed by atoms with Crippen molar-refractivity contribution in [2.24, 2.45) is 0 Å². The van der Waals surface area contributed by atoms with Crippen LogP contribution in [0.2, 0.25) is 0 Å². The van der Waals surface area contributed by atoms with E-state index in [-0.39, 0.29) is 0 Å². The lowest BCUT2D eigenvalue weighted by Gasteiger charge is -2.25. The molecule has 0 aliphatic carbocycles. The lowest BCUT2D eigenvalue weighted by Crippen LogP contribution is -2.41. The van der Waals surface area contributed by atoms with Crippen molar-refractivity contribution in [3.63, 3.8) is 0 Å². The largest absolute Gasteiger partial charge is 0.336 e. The maximum Gasteiger partial charge on any atom is 0.286 e. The van der Waals surface area contributed by atoms with Gasteiger partial charge in [0, 0.05) is 6.54 Å². The van der Waals surface area contributed by atoms with Crippen molar-refractivity contribution in [1.29, 1.82) is 0 Å². The van der Waals surface area contributed by atoms with Gasteiger partial charge in [-0.05, 0) is 18.9 Å². The van der Waals surface area contributed by atoms with Crippen LogP contribution < -0.4 is 0 Å². The monoisotopic (exact) mass is 175 g/mol. The van der Waals surface area contributed by atoms with E-state index < -0.39 is 12.0 Å². The predicted octanol–water partition coefficient (Wildman–Crippen LogP) is 1.43. The summed E-state index contributed by atoms with van der Waals surface area (Å²) in [5.41, 5.74) is 0. The zero-order valence-corrected chi connectivity index (χ0v) is 6.67. The minimum Gasteiger partial charge on any atom is -0.336 e. The summed E-state index contributed by atoms with van der Waals surface area (Å²) in [5, 5.41) is 0. The summed E-state index contributed by atoms with van der Waals surface area (Å²) < 4.78 is 26.0. The highest BCUT2D eigenvalue weighted by molar-refractivity contribution is 5.49. The van der Waals surface area contributed by atoms with Gasteiger partial charge >= 0.3 is 0 Å². The Morgan fingerprint density at radius 2 is 2.25 bits per heavy atom. The third-order valence-electron chi connectivity index (χ3n) is 2.15. The molecule has 1 atom stereocenters. The van der Waals surface area contributed by atoms with Crippen LogP contribution in [-0.2, 0) is 4.79 Å². The number of likely N-dealkylation sites (tertiary alicyclic amines) is 1. The van der Waals surface area contributed by atoms with E-state index in [1.54, 1.807) is 0 Å². The van der Waals surface area contributed by atoms with Crippen LogP contribution in [0.25, 0.3) is 0 Å². The fraction of sp³-hybridized carbons (Fsp3) is 0.625. The first-order valence-corrected chi connectivity index (χ1v) is 3.84. The molecule has 1 rings (SSSR count). The Bertz CT molecular complexity index is 193. The van der Waals surface area contributed by atoms with Gasteiger partial charge in [0.1, 0.15) is 0 Å². The molecule has 0 radical (unpaired) electrons. The van der Waals surface area contributed by atoms with Crippen molar-refractivity contribution in [3.8, 4) is 0 Å². The molecule has 1 amide bonds. The summed E-state index contributed by atoms with van der Waals surface area (Å²) in [6.45, 7) is 3.48. The molecule has 2 nitrogen and oxygen atoms in total. The van der Waals surface area contributed by atoms with Crippen LogP contribution >= 0.6 is 0 Å². The van der Waals surface area contributed by atoms with Crippen LogP contribution in [-0.4, -0.2) is 29.8 Å². The molecule has 0 bridgehead atoms. The minimum atomic E-state index is -2.95. The summed E-state index contributed by atoms with van der Waals surface area (Å²) in [5.74, 6) is -2.95. The lowest BCUT2D eigenvalue weighted by molar-refractivity contribution is -0.124. The van der Waals surface area contributed by atoms with Gasteiger partial charge in [-0.15, -0.1) is 0 Å². The summed E-state index contributed by atoms with van der Waals surface area (Å²) in [6, 6.07) is -0.979. The second kappa shape index (κ2) is 3.21. The number of carbonyl (C=O) groups is 1. The van der Waals surface area contributed by atoms with Gasteiger partial charge in [-0.2, -0.15) is 8.78 Å². The molecule has 0 saturated carbocycles. The second-order valence-electron chi connectivity index (χ2n) is 2.88. The van der Waals surface area contributed by atoms with Crippen molar-refractivity contribution < 1.29 is 13.6 Å². The number of nitrogens with zero attached hydrogens (tertiary/aromatic N) is 1. The Morgan fingerprint density at radius 1 is 1.58 bits per heavy atom. The van der Waals surface area contributed by atoms with E-state index in [2.05, 4.69) is 6.58 Å². The van der Waals surface area contributed by atoms with Crippen LogP contribution in [0, 0.1) is 0 Å². The number of carbonyl (C=O) groups excluding carboxylic acids is 1. The lowest BCUT2D eigenvalue weighted by atomic mass is 10.1. The fourth-order valence-corrected chi connectivity index (χ4v) is 1.46. The van der Waals surface area contributed by atoms with Crippen molar-refractivity contribution in [3.05, 3.63) is 12.7 Å². The van der Waals surface area contributed by atoms with E-state index in [1.807, 2.05) is 0 Å². The van der Waals surface area contributed by atoms with Crippen LogP contribution in [0.5, 0.6) is 0 Å². The van der Waals surface area contributed by atoms with Gasteiger partial charge in [-0.25, -0.2) is 0 Å². The summed E-state index contributed by atoms with van der Waals surface area (Å²) >= 11 is 0. The highest BCUT2D eigenvalue weighted by atomic mass is 19.3. The average molecular weight is 175 g/mol. The van der Waals surface area contributed by atoms with Crippen molar-refractivity contribution >= 4 is 6.41 Å². The zero-order chi connectivity index (χ0) is 9.19. The predicted molar refractivity (Wildman–Crippen MR) is 40.9 cm³/mol. The second-order valence-corrected chi connectivity index (χ2v) is 2.88. The van der Waals surface area contributed by atoms with Crippen LogP contribution in [0.3, 0.4) is 0 Å². The van der Waals surface area contributed by atoms with Gasteiger partial charge in [0.15, 0.2) is 0 Å². The highest BCUT2D eigenvalue weighted by Gasteiger charge is 2.42. The smallest absolute Gasteiger partial charge is 0.286 e. The zero-order valence-electron chi connectivity index (χ0n) is 6.67. The molecule has 1 fully saturated rings. The van der Waals surface area contributed by atoms with E-state index in [0.29, 0.717) is 31.9 Å². The van der Waals surface area contributed by atoms with Gasteiger partial charge in [-0.1, -0.05) is 6.58 Å². The fourth-order valence-electron chi connectivity index (χ4n) is 1.46. The standard InChI is InChI=1S/C8H11F2NO/c1-2-8(9,10)7-4-3-5-11(7)6-12/h2,6-7H,1,3-5H2. The molecule has 1 aliphatic heterocycles. The van der Waals surface area contributed by atoms with E-state index in [4.69, 9.17) is 0 Å². The Hall–Kier alpha value is -0.930. The van der Waals surface area contributed by atoms with E-state index in [1.165, 1.54) is 0 Å². The maximum absolute atomic E-state index is 13.0. The minimum absolute atomic E-state index is 0.359. The molecule has 0 N–H and O–H groups in total. The first-order valence-electron chi connectivity index (χ1n) is 3.84. The molecule has 0 spiro atoms. The molecule has 1 aliphatic rings. The molecule has 4 heteroatoms. The van der Waals surface area contributed by atoms with Gasteiger partial charge in [0.2, 0.25) is 6.41 Å². The quantitative estimate of drug-likeness (QED) is 0.469. The third-order valence-corrected chi connectivity index (χ3v) is 2.15. The van der Waals surface area contributed by atoms with Crippen molar-refractivity contribution in [2.75, 3.05) is 6.54 Å². The molecule has 1 unspecified atom stereocenters. The van der Waals surface area contributed by atoms with E-state index >= 15 is 0 Å². The molecule has 1 heterocycles. The molecular formula is C8H11F2NO. The molecule has 0 aromatic carbocycles. The highest BCUT2D eigenvalue weighted by Crippen LogP contribution is 2.31. The molecular weight excluding hydrogens is 164 g/mol. The van der Waals surface area contributed by atoms with E-state index in [0.717, 1.165) is 4.90 Å². The Kier molecular flexibility index (Phi) is 2.45. The van der Waals surface area contributed by atoms with Gasteiger partial charge in [0.25, 0.3) is 5.92 Å². The number of hydrogen-bond acceptors (Lipinski definition) is 1. The van der Waals surface area contributed by atoms with Crippen LogP contribution in [0.15, 0.2) is 12.7 Å². The number of halogens is 2. The summed E-state index contributed by atoms with van der Waals surface area (Å²) in [7, 11) is 0. The van der Waals surface area contributed by atoms with Gasteiger partial charge in [0.05, 0.1) is 6.04 Å². The SMILES string of the molecule is C=CC(F)(F)C1CCCN1C=O. The first kappa shape index (κ1) is 9.16. The number of hydrogen-bond donors (Lipinski definition) is 0. The first-order chi connectivity index (χ1) is 5.61. The average Bonchev–Trinajstić information content (AvgIpc) is 2.52. The van der Waals surface area contributed by atoms with Crippen molar-refractivity contribution in [2.45, 2.75) is 24.8 Å². The third kappa shape index (κ3) is 1.47. The maximum atomic E-state index is 13.0. The molecule has 0 aromatic rings. The summed E-state index contributed by atoms with van der Waals surface area (Å²) in [4.78, 5) is 11.5. The Balaban J connectivity index is 2.73. The van der Waals surface area contributed by atoms with Gasteiger partial charge < -0.3 is 4.90 Å². The molecule has 1 saturated heterocycles. The molecule has 0 aromatic heterocycles. The van der Waals surface area contributed by atoms with Crippen molar-refractivity contribution in [1.82, 2.24) is 4.90 Å². The number of amides is 1. The molecule has 12 heavy (non-hydrogen) atoms. The topological polar surface area (TPSA) is 20.3 Å². The Morgan fingerprint density at radius 3 is 2.75 bits per heavy atom. The van der Waals surface area contributed by atoms with E-state index in [9.17, 15) is 13.6 Å². The number of alkyl halides is 2. The normalized spacial score (nSPS) is 24.2.